The average Bonchev–Trinajstić information content (AvgIpc) is 2.60. The van der Waals surface area contributed by atoms with E-state index in [0.29, 0.717) is 39.6 Å². The van der Waals surface area contributed by atoms with Gasteiger partial charge in [-0.3, -0.25) is 0 Å². The molecule has 0 aromatic heterocycles. The fraction of sp³-hybridized carbons (Fsp3) is 0.947. The maximum atomic E-state index is 11.4. The van der Waals surface area contributed by atoms with Crippen LogP contribution in [0.5, 0.6) is 0 Å². The van der Waals surface area contributed by atoms with Crippen LogP contribution < -0.4 is 10.6 Å². The van der Waals surface area contributed by atoms with Crippen molar-refractivity contribution in [3.8, 4) is 0 Å². The zero-order chi connectivity index (χ0) is 19.3. The average molecular weight is 377 g/mol. The van der Waals surface area contributed by atoms with Gasteiger partial charge in [-0.2, -0.15) is 0 Å². The predicted molar refractivity (Wildman–Crippen MR) is 104 cm³/mol. The Hall–Kier alpha value is -0.890. The van der Waals surface area contributed by atoms with Gasteiger partial charge in [0, 0.05) is 26.3 Å². The Kier molecular flexibility index (Phi) is 19.7. The Morgan fingerprint density at radius 1 is 0.731 bits per heavy atom. The quantitative estimate of drug-likeness (QED) is 0.339. The van der Waals surface area contributed by atoms with E-state index in [-0.39, 0.29) is 12.1 Å². The molecule has 0 aliphatic carbocycles. The van der Waals surface area contributed by atoms with Crippen molar-refractivity contribution in [1.29, 1.82) is 0 Å². The van der Waals surface area contributed by atoms with Crippen molar-refractivity contribution in [2.45, 2.75) is 58.4 Å². The van der Waals surface area contributed by atoms with Crippen molar-refractivity contribution in [3.05, 3.63) is 0 Å². The van der Waals surface area contributed by atoms with Crippen LogP contribution in [0.25, 0.3) is 0 Å². The molecule has 2 N–H and O–H groups in total. The standard InChI is InChI=1S/C19H40N2O5/c1-18(2)21-19(22)20-10-8-6-4-5-7-9-11-24-14-15-26-17-16-25-13-12-23-3/h18H,4-17H2,1-3H3,(H2,20,21,22). The van der Waals surface area contributed by atoms with E-state index in [0.717, 1.165) is 32.4 Å². The minimum Gasteiger partial charge on any atom is -0.382 e. The summed E-state index contributed by atoms with van der Waals surface area (Å²) in [6.45, 7) is 9.14. The molecule has 0 rings (SSSR count). The number of unbranched alkanes of at least 4 members (excludes halogenated alkanes) is 5. The lowest BCUT2D eigenvalue weighted by atomic mass is 10.1. The Morgan fingerprint density at radius 2 is 1.23 bits per heavy atom. The number of hydrogen-bond acceptors (Lipinski definition) is 5. The van der Waals surface area contributed by atoms with Crippen molar-refractivity contribution in [3.63, 3.8) is 0 Å². The Labute approximate surface area is 159 Å². The van der Waals surface area contributed by atoms with Gasteiger partial charge in [-0.15, -0.1) is 0 Å². The molecule has 0 aliphatic rings. The Balaban J connectivity index is 3.06. The largest absolute Gasteiger partial charge is 0.382 e. The maximum absolute atomic E-state index is 11.4. The SMILES string of the molecule is COCCOCCOCCOCCCCCCCCNC(=O)NC(C)C. The van der Waals surface area contributed by atoms with Gasteiger partial charge >= 0.3 is 6.03 Å². The van der Waals surface area contributed by atoms with Crippen LogP contribution in [0.1, 0.15) is 52.4 Å². The molecule has 0 spiro atoms. The van der Waals surface area contributed by atoms with Crippen LogP contribution >= 0.6 is 0 Å². The fourth-order valence-electron chi connectivity index (χ4n) is 2.24. The highest BCUT2D eigenvalue weighted by Crippen LogP contribution is 2.05. The van der Waals surface area contributed by atoms with Crippen LogP contribution in [-0.4, -0.2) is 72.0 Å². The molecular formula is C19H40N2O5. The van der Waals surface area contributed by atoms with Gasteiger partial charge in [-0.1, -0.05) is 25.7 Å². The summed E-state index contributed by atoms with van der Waals surface area (Å²) < 4.78 is 21.1. The number of methoxy groups -OCH3 is 1. The number of nitrogens with one attached hydrogen (secondary N) is 2. The normalized spacial score (nSPS) is 11.1. The summed E-state index contributed by atoms with van der Waals surface area (Å²) in [5, 5.41) is 5.69. The zero-order valence-corrected chi connectivity index (χ0v) is 17.0. The van der Waals surface area contributed by atoms with Gasteiger partial charge in [0.15, 0.2) is 0 Å². The second-order valence-corrected chi connectivity index (χ2v) is 6.51. The molecule has 0 aromatic rings. The lowest BCUT2D eigenvalue weighted by Gasteiger charge is -2.09. The summed E-state index contributed by atoms with van der Waals surface area (Å²) in [5.41, 5.74) is 0. The minimum atomic E-state index is -0.0697. The number of urea groups is 1. The lowest BCUT2D eigenvalue weighted by molar-refractivity contribution is 0.00323. The molecule has 2 amide bonds. The highest BCUT2D eigenvalue weighted by molar-refractivity contribution is 5.73. The first-order chi connectivity index (χ1) is 12.7. The van der Waals surface area contributed by atoms with E-state index in [1.165, 1.54) is 19.3 Å². The topological polar surface area (TPSA) is 78.1 Å². The molecule has 0 bridgehead atoms. The number of ether oxygens (including phenoxy) is 4. The van der Waals surface area contributed by atoms with Crippen molar-refractivity contribution >= 4 is 6.03 Å². The van der Waals surface area contributed by atoms with Gasteiger partial charge in [0.25, 0.3) is 0 Å². The summed E-state index contributed by atoms with van der Waals surface area (Å²) in [6, 6.07) is 0.114. The molecule has 156 valence electrons. The molecule has 26 heavy (non-hydrogen) atoms. The molecule has 7 heteroatoms. The number of carbonyl (C=O) groups excluding carboxylic acids is 1. The first-order valence-electron chi connectivity index (χ1n) is 9.93. The van der Waals surface area contributed by atoms with E-state index in [2.05, 4.69) is 10.6 Å². The molecule has 0 radical (unpaired) electrons. The van der Waals surface area contributed by atoms with Gasteiger partial charge < -0.3 is 29.6 Å². The van der Waals surface area contributed by atoms with E-state index < -0.39 is 0 Å². The summed E-state index contributed by atoms with van der Waals surface area (Å²) in [6.07, 6.45) is 6.90. The van der Waals surface area contributed by atoms with Crippen LogP contribution in [0.4, 0.5) is 4.79 Å². The molecule has 0 saturated carbocycles. The third-order valence-corrected chi connectivity index (χ3v) is 3.60. The van der Waals surface area contributed by atoms with Gasteiger partial charge in [-0.25, -0.2) is 4.79 Å². The summed E-state index contributed by atoms with van der Waals surface area (Å²) in [4.78, 5) is 11.4. The monoisotopic (exact) mass is 376 g/mol. The van der Waals surface area contributed by atoms with Crippen LogP contribution in [0, 0.1) is 0 Å². The lowest BCUT2D eigenvalue weighted by Crippen LogP contribution is -2.39. The van der Waals surface area contributed by atoms with Crippen molar-refractivity contribution in [2.24, 2.45) is 0 Å². The Bertz CT molecular complexity index is 304. The van der Waals surface area contributed by atoms with E-state index in [9.17, 15) is 4.79 Å². The fourth-order valence-corrected chi connectivity index (χ4v) is 2.24. The number of rotatable bonds is 19. The third kappa shape index (κ3) is 21.2. The first kappa shape index (κ1) is 25.1. The Morgan fingerprint density at radius 3 is 1.81 bits per heavy atom. The van der Waals surface area contributed by atoms with Crippen LogP contribution in [-0.2, 0) is 18.9 Å². The van der Waals surface area contributed by atoms with Gasteiger partial charge in [0.05, 0.1) is 39.6 Å². The molecule has 0 atom stereocenters. The van der Waals surface area contributed by atoms with Crippen LogP contribution in [0.3, 0.4) is 0 Å². The van der Waals surface area contributed by atoms with E-state index >= 15 is 0 Å². The summed E-state index contributed by atoms with van der Waals surface area (Å²) >= 11 is 0. The maximum Gasteiger partial charge on any atom is 0.314 e. The second-order valence-electron chi connectivity index (χ2n) is 6.51. The first-order valence-corrected chi connectivity index (χ1v) is 9.93. The van der Waals surface area contributed by atoms with E-state index in [1.54, 1.807) is 7.11 Å². The zero-order valence-electron chi connectivity index (χ0n) is 17.0. The van der Waals surface area contributed by atoms with E-state index in [4.69, 9.17) is 18.9 Å². The second kappa shape index (κ2) is 20.4. The van der Waals surface area contributed by atoms with Gasteiger partial charge in [0.2, 0.25) is 0 Å². The summed E-state index contributed by atoms with van der Waals surface area (Å²) in [7, 11) is 1.66. The molecule has 0 saturated heterocycles. The number of amides is 2. The minimum absolute atomic E-state index is 0.0697. The van der Waals surface area contributed by atoms with Gasteiger partial charge in [0.1, 0.15) is 0 Å². The van der Waals surface area contributed by atoms with Crippen LogP contribution in [0.15, 0.2) is 0 Å². The number of hydrogen-bond donors (Lipinski definition) is 2. The highest BCUT2D eigenvalue weighted by Gasteiger charge is 2.00. The third-order valence-electron chi connectivity index (χ3n) is 3.60. The number of carbonyl (C=O) groups is 1. The molecule has 0 fully saturated rings. The van der Waals surface area contributed by atoms with Crippen LogP contribution in [0.2, 0.25) is 0 Å². The van der Waals surface area contributed by atoms with Crippen molar-refractivity contribution in [1.82, 2.24) is 10.6 Å². The van der Waals surface area contributed by atoms with Crippen molar-refractivity contribution in [2.75, 3.05) is 59.9 Å². The highest BCUT2D eigenvalue weighted by atomic mass is 16.6. The molecule has 7 nitrogen and oxygen atoms in total. The molecule has 0 aromatic carbocycles. The van der Waals surface area contributed by atoms with E-state index in [1.807, 2.05) is 13.8 Å². The summed E-state index contributed by atoms with van der Waals surface area (Å²) in [5.74, 6) is 0. The molecular weight excluding hydrogens is 336 g/mol. The molecule has 0 heterocycles. The molecule has 0 unspecified atom stereocenters. The smallest absolute Gasteiger partial charge is 0.314 e. The predicted octanol–water partition coefficient (Wildman–Crippen LogP) is 2.73. The van der Waals surface area contributed by atoms with Crippen molar-refractivity contribution < 1.29 is 23.7 Å². The van der Waals surface area contributed by atoms with Gasteiger partial charge in [-0.05, 0) is 26.7 Å². The molecule has 0 aliphatic heterocycles.